The second-order valence-corrected chi connectivity index (χ2v) is 8.92. The van der Waals surface area contributed by atoms with Gasteiger partial charge in [0.25, 0.3) is 5.91 Å². The van der Waals surface area contributed by atoms with Gasteiger partial charge in [0.05, 0.1) is 17.7 Å². The van der Waals surface area contributed by atoms with E-state index in [0.29, 0.717) is 16.5 Å². The van der Waals surface area contributed by atoms with Gasteiger partial charge in [-0.15, -0.1) is 0 Å². The van der Waals surface area contributed by atoms with Crippen LogP contribution in [0.15, 0.2) is 47.4 Å². The van der Waals surface area contributed by atoms with E-state index in [1.54, 1.807) is 12.1 Å². The van der Waals surface area contributed by atoms with Crippen molar-refractivity contribution in [1.29, 1.82) is 0 Å². The summed E-state index contributed by atoms with van der Waals surface area (Å²) in [4.78, 5) is 23.8. The lowest BCUT2D eigenvalue weighted by Crippen LogP contribution is -2.28. The van der Waals surface area contributed by atoms with Crippen LogP contribution >= 0.6 is 11.6 Å². The van der Waals surface area contributed by atoms with Crippen LogP contribution in [0.25, 0.3) is 0 Å². The lowest BCUT2D eigenvalue weighted by molar-refractivity contribution is -0.147. The summed E-state index contributed by atoms with van der Waals surface area (Å²) in [5.41, 5.74) is 0.337. The first-order valence-electron chi connectivity index (χ1n) is 9.14. The highest BCUT2D eigenvalue weighted by Gasteiger charge is 2.21. The number of carbonyl (C=O) groups is 2. The maximum Gasteiger partial charge on any atom is 0.306 e. The van der Waals surface area contributed by atoms with Gasteiger partial charge in [-0.2, -0.15) is 0 Å². The van der Waals surface area contributed by atoms with Crippen molar-refractivity contribution in [1.82, 2.24) is 4.31 Å². The molecule has 0 atom stereocenters. The first-order valence-corrected chi connectivity index (χ1v) is 11.0. The van der Waals surface area contributed by atoms with Gasteiger partial charge in [-0.05, 0) is 48.9 Å². The quantitative estimate of drug-likeness (QED) is 0.533. The van der Waals surface area contributed by atoms with E-state index in [9.17, 15) is 22.4 Å². The molecule has 0 saturated carbocycles. The van der Waals surface area contributed by atoms with Crippen molar-refractivity contribution >= 4 is 39.2 Å². The van der Waals surface area contributed by atoms with Crippen molar-refractivity contribution in [3.05, 3.63) is 53.3 Å². The molecule has 1 N–H and O–H groups in total. The van der Waals surface area contributed by atoms with E-state index in [2.05, 4.69) is 5.32 Å². The molecule has 1 amide bonds. The van der Waals surface area contributed by atoms with Crippen molar-refractivity contribution in [2.24, 2.45) is 0 Å². The van der Waals surface area contributed by atoms with E-state index in [1.165, 1.54) is 32.4 Å². The molecule has 8 nitrogen and oxygen atoms in total. The molecule has 0 aliphatic rings. The molecule has 2 aromatic rings. The number of nitrogens with zero attached hydrogens (tertiary/aromatic N) is 1. The van der Waals surface area contributed by atoms with Crippen molar-refractivity contribution in [2.45, 2.75) is 17.7 Å². The number of nitrogens with one attached hydrogen (secondary N) is 1. The molecule has 2 aromatic carbocycles. The van der Waals surface area contributed by atoms with E-state index >= 15 is 0 Å². The first kappa shape index (κ1) is 24.6. The third kappa shape index (κ3) is 7.20. The third-order valence-electron chi connectivity index (χ3n) is 4.18. The molecule has 31 heavy (non-hydrogen) atoms. The number of benzene rings is 2. The zero-order chi connectivity index (χ0) is 23.0. The number of esters is 1. The van der Waals surface area contributed by atoms with Gasteiger partial charge in [0.1, 0.15) is 11.6 Å². The fourth-order valence-corrected chi connectivity index (χ4v) is 3.92. The van der Waals surface area contributed by atoms with Crippen LogP contribution in [0.2, 0.25) is 5.02 Å². The zero-order valence-corrected chi connectivity index (χ0v) is 18.5. The third-order valence-corrected chi connectivity index (χ3v) is 6.28. The van der Waals surface area contributed by atoms with Crippen LogP contribution < -0.4 is 10.1 Å². The zero-order valence-electron chi connectivity index (χ0n) is 16.9. The number of hydrogen-bond acceptors (Lipinski definition) is 6. The molecule has 0 unspecified atom stereocenters. The Morgan fingerprint density at radius 2 is 1.84 bits per heavy atom. The smallest absolute Gasteiger partial charge is 0.306 e. The molecule has 0 aliphatic heterocycles. The van der Waals surface area contributed by atoms with Crippen LogP contribution in [-0.4, -0.2) is 51.9 Å². The van der Waals surface area contributed by atoms with E-state index < -0.39 is 34.3 Å². The SMILES string of the molecule is COc1ccc(Cl)cc1NC(=O)COC(=O)CCCN(C)S(=O)(=O)c1ccc(F)cc1. The molecule has 0 spiro atoms. The van der Waals surface area contributed by atoms with Crippen LogP contribution in [0.3, 0.4) is 0 Å². The number of sulfonamides is 1. The van der Waals surface area contributed by atoms with Gasteiger partial charge in [-0.1, -0.05) is 11.6 Å². The van der Waals surface area contributed by atoms with Gasteiger partial charge in [-0.25, -0.2) is 17.1 Å². The van der Waals surface area contributed by atoms with Crippen molar-refractivity contribution < 1.29 is 31.9 Å². The summed E-state index contributed by atoms with van der Waals surface area (Å²) in [6.45, 7) is -0.473. The second-order valence-electron chi connectivity index (χ2n) is 6.44. The largest absolute Gasteiger partial charge is 0.495 e. The number of halogens is 2. The number of anilines is 1. The molecular weight excluding hydrogens is 451 g/mol. The predicted molar refractivity (Wildman–Crippen MR) is 113 cm³/mol. The second kappa shape index (κ2) is 11.1. The lowest BCUT2D eigenvalue weighted by Gasteiger charge is -2.17. The molecule has 11 heteroatoms. The number of ether oxygens (including phenoxy) is 2. The minimum Gasteiger partial charge on any atom is -0.495 e. The van der Waals surface area contributed by atoms with Gasteiger partial charge in [-0.3, -0.25) is 9.59 Å². The molecule has 0 aromatic heterocycles. The van der Waals surface area contributed by atoms with Crippen LogP contribution in [-0.2, 0) is 24.3 Å². The Labute approximate surface area is 184 Å². The van der Waals surface area contributed by atoms with Crippen molar-refractivity contribution in [3.8, 4) is 5.75 Å². The summed E-state index contributed by atoms with van der Waals surface area (Å²) < 4.78 is 48.9. The molecular formula is C20H22ClFN2O6S. The monoisotopic (exact) mass is 472 g/mol. The van der Waals surface area contributed by atoms with Gasteiger partial charge < -0.3 is 14.8 Å². The van der Waals surface area contributed by atoms with Crippen molar-refractivity contribution in [2.75, 3.05) is 32.6 Å². The average molecular weight is 473 g/mol. The first-order chi connectivity index (χ1) is 14.6. The number of hydrogen-bond donors (Lipinski definition) is 1. The molecule has 0 aliphatic carbocycles. The molecule has 0 saturated heterocycles. The van der Waals surface area contributed by atoms with Crippen LogP contribution in [0, 0.1) is 5.82 Å². The minimum absolute atomic E-state index is 0.0424. The molecule has 168 valence electrons. The highest BCUT2D eigenvalue weighted by Crippen LogP contribution is 2.27. The normalized spacial score (nSPS) is 11.3. The summed E-state index contributed by atoms with van der Waals surface area (Å²) in [7, 11) is -1.00. The van der Waals surface area contributed by atoms with E-state index in [1.807, 2.05) is 0 Å². The summed E-state index contributed by atoms with van der Waals surface area (Å²) >= 11 is 5.89. The minimum atomic E-state index is -3.80. The van der Waals surface area contributed by atoms with Crippen LogP contribution in [0.4, 0.5) is 10.1 Å². The Bertz CT molecular complexity index is 1030. The summed E-state index contributed by atoms with van der Waals surface area (Å²) in [6.07, 6.45) is 0.0938. The summed E-state index contributed by atoms with van der Waals surface area (Å²) in [5, 5.41) is 2.93. The predicted octanol–water partition coefficient (Wildman–Crippen LogP) is 3.07. The number of rotatable bonds is 10. The summed E-state index contributed by atoms with van der Waals surface area (Å²) in [5.74, 6) is -1.37. The maximum atomic E-state index is 13.0. The van der Waals surface area contributed by atoms with Gasteiger partial charge >= 0.3 is 5.97 Å². The fourth-order valence-electron chi connectivity index (χ4n) is 2.54. The molecule has 0 radical (unpaired) electrons. The van der Waals surface area contributed by atoms with Crippen LogP contribution in [0.1, 0.15) is 12.8 Å². The Morgan fingerprint density at radius 1 is 1.16 bits per heavy atom. The topological polar surface area (TPSA) is 102 Å². The van der Waals surface area contributed by atoms with Gasteiger partial charge in [0, 0.05) is 25.0 Å². The lowest BCUT2D eigenvalue weighted by atomic mass is 10.3. The highest BCUT2D eigenvalue weighted by molar-refractivity contribution is 7.89. The molecule has 0 fully saturated rings. The highest BCUT2D eigenvalue weighted by atomic mass is 35.5. The Balaban J connectivity index is 1.77. The van der Waals surface area contributed by atoms with Crippen LogP contribution in [0.5, 0.6) is 5.75 Å². The maximum absolute atomic E-state index is 13.0. The van der Waals surface area contributed by atoms with E-state index in [-0.39, 0.29) is 24.3 Å². The Hall–Kier alpha value is -2.69. The molecule has 0 bridgehead atoms. The van der Waals surface area contributed by atoms with Gasteiger partial charge in [0.15, 0.2) is 6.61 Å². The van der Waals surface area contributed by atoms with E-state index in [0.717, 1.165) is 16.4 Å². The average Bonchev–Trinajstić information content (AvgIpc) is 2.72. The van der Waals surface area contributed by atoms with Crippen molar-refractivity contribution in [3.63, 3.8) is 0 Å². The number of methoxy groups -OCH3 is 1. The Morgan fingerprint density at radius 3 is 2.48 bits per heavy atom. The number of amides is 1. The summed E-state index contributed by atoms with van der Waals surface area (Å²) in [6, 6.07) is 9.14. The van der Waals surface area contributed by atoms with Gasteiger partial charge in [0.2, 0.25) is 10.0 Å². The Kier molecular flexibility index (Phi) is 8.78. The fraction of sp³-hybridized carbons (Fsp3) is 0.300. The molecule has 2 rings (SSSR count). The van der Waals surface area contributed by atoms with E-state index in [4.69, 9.17) is 21.1 Å². The standard InChI is InChI=1S/C20H22ClFN2O6S/c1-24(31(27,28)16-8-6-15(22)7-9-16)11-3-4-20(26)30-13-19(25)23-17-12-14(21)5-10-18(17)29-2/h5-10,12H,3-4,11,13H2,1-2H3,(H,23,25). The number of carbonyl (C=O) groups excluding carboxylic acids is 2. The molecule has 0 heterocycles.